The molecule has 0 bridgehead atoms. The number of benzene rings is 3. The SMILES string of the molecule is O=S(Cc1ccc(C(F)(F)F)cc1)c1nc2ccc(-c3cccc(C(F)(F)F)c3)cc2o1. The van der Waals surface area contributed by atoms with Crippen LogP contribution in [0.3, 0.4) is 0 Å². The van der Waals surface area contributed by atoms with Gasteiger partial charge in [0.05, 0.1) is 16.9 Å². The number of hydrogen-bond acceptors (Lipinski definition) is 3. The molecule has 166 valence electrons. The molecule has 4 aromatic rings. The van der Waals surface area contributed by atoms with Gasteiger partial charge in [-0.05, 0) is 53.1 Å². The molecule has 0 amide bonds. The Morgan fingerprint density at radius 3 is 2.09 bits per heavy atom. The van der Waals surface area contributed by atoms with Crippen molar-refractivity contribution in [3.8, 4) is 11.1 Å². The molecule has 0 spiro atoms. The molecule has 1 aromatic heterocycles. The Hall–Kier alpha value is -3.14. The van der Waals surface area contributed by atoms with Crippen LogP contribution in [0.15, 0.2) is 76.4 Å². The smallest absolute Gasteiger partial charge is 0.416 e. The van der Waals surface area contributed by atoms with Gasteiger partial charge in [-0.1, -0.05) is 30.3 Å². The van der Waals surface area contributed by atoms with E-state index in [-0.39, 0.29) is 16.6 Å². The number of rotatable bonds is 4. The van der Waals surface area contributed by atoms with Gasteiger partial charge in [0.1, 0.15) is 16.3 Å². The van der Waals surface area contributed by atoms with E-state index in [1.54, 1.807) is 6.07 Å². The molecular formula is C22H13F6NO2S. The molecule has 0 aliphatic heterocycles. The van der Waals surface area contributed by atoms with E-state index in [1.807, 2.05) is 0 Å². The van der Waals surface area contributed by atoms with Gasteiger partial charge in [-0.2, -0.15) is 26.3 Å². The predicted molar refractivity (Wildman–Crippen MR) is 106 cm³/mol. The molecule has 0 radical (unpaired) electrons. The van der Waals surface area contributed by atoms with E-state index in [9.17, 15) is 30.6 Å². The number of nitrogens with zero attached hydrogens (tertiary/aromatic N) is 1. The van der Waals surface area contributed by atoms with Crippen molar-refractivity contribution in [1.82, 2.24) is 4.98 Å². The van der Waals surface area contributed by atoms with E-state index in [0.717, 1.165) is 24.3 Å². The first-order valence-electron chi connectivity index (χ1n) is 9.13. The molecule has 0 saturated heterocycles. The van der Waals surface area contributed by atoms with E-state index >= 15 is 0 Å². The summed E-state index contributed by atoms with van der Waals surface area (Å²) in [6.07, 6.45) is -8.94. The molecular weight excluding hydrogens is 456 g/mol. The van der Waals surface area contributed by atoms with Gasteiger partial charge in [-0.25, -0.2) is 9.19 Å². The van der Waals surface area contributed by atoms with Crippen LogP contribution in [0.25, 0.3) is 22.2 Å². The molecule has 0 N–H and O–H groups in total. The fourth-order valence-electron chi connectivity index (χ4n) is 3.06. The van der Waals surface area contributed by atoms with Crippen molar-refractivity contribution in [2.45, 2.75) is 23.3 Å². The fraction of sp³-hybridized carbons (Fsp3) is 0.136. The van der Waals surface area contributed by atoms with Crippen molar-refractivity contribution in [3.05, 3.63) is 83.4 Å². The lowest BCUT2D eigenvalue weighted by Crippen LogP contribution is -2.05. The maximum Gasteiger partial charge on any atom is 0.416 e. The largest absolute Gasteiger partial charge is 0.430 e. The van der Waals surface area contributed by atoms with Crippen LogP contribution in [0.2, 0.25) is 0 Å². The molecule has 32 heavy (non-hydrogen) atoms. The minimum absolute atomic E-state index is 0.106. The van der Waals surface area contributed by atoms with E-state index in [4.69, 9.17) is 4.42 Å². The van der Waals surface area contributed by atoms with Gasteiger partial charge in [-0.15, -0.1) is 0 Å². The Morgan fingerprint density at radius 2 is 1.44 bits per heavy atom. The number of halogens is 6. The number of oxazole rings is 1. The van der Waals surface area contributed by atoms with E-state index in [2.05, 4.69) is 4.98 Å². The Balaban J connectivity index is 1.57. The lowest BCUT2D eigenvalue weighted by Gasteiger charge is -2.08. The van der Waals surface area contributed by atoms with Gasteiger partial charge in [0.2, 0.25) is 0 Å². The van der Waals surface area contributed by atoms with Crippen molar-refractivity contribution in [1.29, 1.82) is 0 Å². The minimum Gasteiger partial charge on any atom is -0.430 e. The predicted octanol–water partition coefficient (Wildman–Crippen LogP) is 6.84. The average molecular weight is 469 g/mol. The van der Waals surface area contributed by atoms with Gasteiger partial charge >= 0.3 is 12.4 Å². The van der Waals surface area contributed by atoms with Crippen LogP contribution in [-0.2, 0) is 28.9 Å². The second-order valence-electron chi connectivity index (χ2n) is 6.93. The van der Waals surface area contributed by atoms with E-state index < -0.39 is 34.3 Å². The molecule has 0 saturated carbocycles. The summed E-state index contributed by atoms with van der Waals surface area (Å²) in [6, 6.07) is 13.7. The lowest BCUT2D eigenvalue weighted by atomic mass is 10.0. The lowest BCUT2D eigenvalue weighted by molar-refractivity contribution is -0.138. The second-order valence-corrected chi connectivity index (χ2v) is 8.25. The first kappa shape index (κ1) is 22.1. The summed E-state index contributed by atoms with van der Waals surface area (Å²) in [5.74, 6) is -0.106. The van der Waals surface area contributed by atoms with Crippen molar-refractivity contribution in [3.63, 3.8) is 0 Å². The molecule has 3 nitrogen and oxygen atoms in total. The van der Waals surface area contributed by atoms with Gasteiger partial charge in [0.25, 0.3) is 5.22 Å². The standard InChI is InChI=1S/C22H13F6NO2S/c23-21(24,25)16-7-4-13(5-8-16)12-32(30)20-29-18-9-6-15(11-19(18)31-20)14-2-1-3-17(10-14)22(26,27)28/h1-11H,12H2. The zero-order chi connectivity index (χ0) is 23.1. The highest BCUT2D eigenvalue weighted by atomic mass is 32.2. The van der Waals surface area contributed by atoms with Crippen LogP contribution in [0.4, 0.5) is 26.3 Å². The van der Waals surface area contributed by atoms with Crippen molar-refractivity contribution >= 4 is 21.9 Å². The molecule has 10 heteroatoms. The van der Waals surface area contributed by atoms with Crippen LogP contribution in [0.5, 0.6) is 0 Å². The van der Waals surface area contributed by atoms with Crippen LogP contribution < -0.4 is 0 Å². The first-order valence-corrected chi connectivity index (χ1v) is 10.5. The zero-order valence-electron chi connectivity index (χ0n) is 16.0. The van der Waals surface area contributed by atoms with E-state index in [0.29, 0.717) is 22.2 Å². The summed E-state index contributed by atoms with van der Waals surface area (Å²) < 4.78 is 95.0. The topological polar surface area (TPSA) is 43.1 Å². The molecule has 1 atom stereocenters. The fourth-order valence-corrected chi connectivity index (χ4v) is 4.06. The third-order valence-corrected chi connectivity index (χ3v) is 5.83. The molecule has 0 aliphatic rings. The summed E-state index contributed by atoms with van der Waals surface area (Å²) in [5.41, 5.74) is 0.183. The molecule has 0 fully saturated rings. The Labute approximate surface area is 180 Å². The third kappa shape index (κ3) is 4.69. The summed E-state index contributed by atoms with van der Waals surface area (Å²) in [7, 11) is -1.77. The van der Waals surface area contributed by atoms with Crippen LogP contribution in [0.1, 0.15) is 16.7 Å². The molecule has 1 heterocycles. The summed E-state index contributed by atoms with van der Waals surface area (Å²) in [6.45, 7) is 0. The van der Waals surface area contributed by atoms with Crippen molar-refractivity contribution in [2.75, 3.05) is 0 Å². The molecule has 1 unspecified atom stereocenters. The van der Waals surface area contributed by atoms with Crippen molar-refractivity contribution < 1.29 is 35.0 Å². The molecule has 3 aromatic carbocycles. The normalized spacial score (nSPS) is 13.4. The summed E-state index contributed by atoms with van der Waals surface area (Å²) in [4.78, 5) is 4.13. The summed E-state index contributed by atoms with van der Waals surface area (Å²) >= 11 is 0. The molecule has 4 rings (SSSR count). The maximum absolute atomic E-state index is 13.0. The summed E-state index contributed by atoms with van der Waals surface area (Å²) in [5, 5.41) is -0.124. The highest BCUT2D eigenvalue weighted by Crippen LogP contribution is 2.33. The maximum atomic E-state index is 13.0. The number of hydrogen-bond donors (Lipinski definition) is 0. The second kappa shape index (κ2) is 8.09. The number of fused-ring (bicyclic) bond motifs is 1. The van der Waals surface area contributed by atoms with Crippen LogP contribution in [-0.4, -0.2) is 9.19 Å². The van der Waals surface area contributed by atoms with Crippen LogP contribution >= 0.6 is 0 Å². The van der Waals surface area contributed by atoms with Gasteiger partial charge in [-0.3, -0.25) is 0 Å². The van der Waals surface area contributed by atoms with E-state index in [1.165, 1.54) is 36.4 Å². The average Bonchev–Trinajstić information content (AvgIpc) is 3.16. The highest BCUT2D eigenvalue weighted by molar-refractivity contribution is 7.84. The minimum atomic E-state index is -4.48. The van der Waals surface area contributed by atoms with Gasteiger partial charge in [0, 0.05) is 0 Å². The third-order valence-electron chi connectivity index (χ3n) is 4.67. The molecule has 0 aliphatic carbocycles. The highest BCUT2D eigenvalue weighted by Gasteiger charge is 2.31. The van der Waals surface area contributed by atoms with Gasteiger partial charge in [0.15, 0.2) is 5.58 Å². The monoisotopic (exact) mass is 469 g/mol. The quantitative estimate of drug-likeness (QED) is 0.308. The number of alkyl halides is 6. The Bertz CT molecular complexity index is 1290. The zero-order valence-corrected chi connectivity index (χ0v) is 16.8. The van der Waals surface area contributed by atoms with Gasteiger partial charge < -0.3 is 4.42 Å². The Morgan fingerprint density at radius 1 is 0.781 bits per heavy atom. The first-order chi connectivity index (χ1) is 15.0. The Kier molecular flexibility index (Phi) is 5.58. The van der Waals surface area contributed by atoms with Crippen LogP contribution in [0, 0.1) is 0 Å². The van der Waals surface area contributed by atoms with Crippen molar-refractivity contribution in [2.24, 2.45) is 0 Å². The number of aromatic nitrogens is 1.